The maximum atomic E-state index is 14.7. The van der Waals surface area contributed by atoms with Crippen molar-refractivity contribution < 1.29 is 35.5 Å². The van der Waals surface area contributed by atoms with E-state index in [1.165, 1.54) is 13.1 Å². The minimum Gasteiger partial charge on any atom is -0.288 e. The van der Waals surface area contributed by atoms with Crippen molar-refractivity contribution >= 4 is 51.7 Å². The van der Waals surface area contributed by atoms with E-state index in [2.05, 4.69) is 21.4 Å². The van der Waals surface area contributed by atoms with E-state index in [-0.39, 0.29) is 39.6 Å². The van der Waals surface area contributed by atoms with Gasteiger partial charge in [0.2, 0.25) is 0 Å². The predicted molar refractivity (Wildman–Crippen MR) is 112 cm³/mol. The molecule has 0 fully saturated rings. The summed E-state index contributed by atoms with van der Waals surface area (Å²) in [7, 11) is 1.24. The van der Waals surface area contributed by atoms with Gasteiger partial charge in [-0.05, 0) is 51.8 Å². The molecule has 0 spiro atoms. The van der Waals surface area contributed by atoms with Crippen molar-refractivity contribution in [1.29, 1.82) is 0 Å². The van der Waals surface area contributed by atoms with Gasteiger partial charge in [0, 0.05) is 17.1 Å². The Balaban J connectivity index is 0.00000512. The molecule has 0 aliphatic carbocycles. The van der Waals surface area contributed by atoms with Crippen LogP contribution in [0.15, 0.2) is 46.9 Å². The van der Waals surface area contributed by atoms with E-state index in [1.54, 1.807) is 0 Å². The number of hydrogen-bond donors (Lipinski definition) is 2. The van der Waals surface area contributed by atoms with E-state index in [1.807, 2.05) is 5.43 Å². The molecule has 2 aromatic carbocycles. The average molecular weight is 570 g/mol. The Labute approximate surface area is 197 Å². The molecule has 0 heterocycles. The van der Waals surface area contributed by atoms with E-state index < -0.39 is 46.7 Å². The Morgan fingerprint density at radius 1 is 1.09 bits per heavy atom. The van der Waals surface area contributed by atoms with Crippen LogP contribution < -0.4 is 10.9 Å². The molecule has 1 unspecified atom stereocenters. The number of benzene rings is 2. The van der Waals surface area contributed by atoms with E-state index in [9.17, 15) is 35.5 Å². The fraction of sp³-hybridized carbons (Fsp3) is 0.211. The van der Waals surface area contributed by atoms with Crippen LogP contribution in [0.5, 0.6) is 0 Å². The number of alkyl halides is 6. The normalized spacial score (nSPS) is 13.4. The quantitative estimate of drug-likeness (QED) is 0.299. The van der Waals surface area contributed by atoms with E-state index >= 15 is 0 Å². The van der Waals surface area contributed by atoms with Crippen LogP contribution in [0.2, 0.25) is 5.02 Å². The number of carbonyl (C=O) groups excluding carboxylic acids is 1. The maximum absolute atomic E-state index is 14.7. The lowest BCUT2D eigenvalue weighted by atomic mass is 9.95. The lowest BCUT2D eigenvalue weighted by Gasteiger charge is -2.19. The van der Waals surface area contributed by atoms with Crippen molar-refractivity contribution in [1.82, 2.24) is 10.9 Å². The van der Waals surface area contributed by atoms with Gasteiger partial charge in [-0.1, -0.05) is 23.7 Å². The van der Waals surface area contributed by atoms with Crippen molar-refractivity contribution in [3.63, 3.8) is 0 Å². The first-order chi connectivity index (χ1) is 14.3. The summed E-state index contributed by atoms with van der Waals surface area (Å²) in [5.74, 6) is -5.15. The lowest BCUT2D eigenvalue weighted by molar-refractivity contribution is -0.140. The molecule has 0 aliphatic rings. The highest BCUT2D eigenvalue weighted by Gasteiger charge is 2.40. The van der Waals surface area contributed by atoms with Crippen LogP contribution in [0.1, 0.15) is 33.0 Å². The molecule has 0 saturated heterocycles. The molecule has 0 radical (unpaired) electrons. The Morgan fingerprint density at radius 3 is 2.22 bits per heavy atom. The van der Waals surface area contributed by atoms with Gasteiger partial charge in [-0.3, -0.25) is 10.2 Å². The second kappa shape index (κ2) is 10.9. The Kier molecular flexibility index (Phi) is 9.58. The summed E-state index contributed by atoms with van der Waals surface area (Å²) < 4.78 is 95.5. The minimum atomic E-state index is -5.05. The van der Waals surface area contributed by atoms with Crippen molar-refractivity contribution in [3.05, 3.63) is 74.2 Å². The van der Waals surface area contributed by atoms with Crippen LogP contribution >= 0.6 is 39.9 Å². The molecule has 3 nitrogen and oxygen atoms in total. The Bertz CT molecular complexity index is 1010. The van der Waals surface area contributed by atoms with Gasteiger partial charge in [0.25, 0.3) is 5.91 Å². The lowest BCUT2D eigenvalue weighted by Crippen LogP contribution is -2.35. The molecule has 2 rings (SSSR count). The molecule has 0 aromatic heterocycles. The second-order valence-electron chi connectivity index (χ2n) is 6.17. The zero-order valence-electron chi connectivity index (χ0n) is 15.8. The molecule has 32 heavy (non-hydrogen) atoms. The first-order valence-corrected chi connectivity index (χ1v) is 9.50. The number of hydrogen-bond acceptors (Lipinski definition) is 2. The van der Waals surface area contributed by atoms with Crippen LogP contribution in [0.4, 0.5) is 30.7 Å². The standard InChI is InChI=1S/C19H13BrClF7N2O.ClH/c1-29-30-17(31)11-4-2-10(6-13(11)19(26,27)28)16(22)8-12(18(23,24)25)9-3-5-15(21)14(20)7-9;/h2-8,12,29H,1H3,(H,30,31);1H/b16-8-;. The number of rotatable bonds is 5. The summed E-state index contributed by atoms with van der Waals surface area (Å²) in [6, 6.07) is 4.98. The molecule has 0 bridgehead atoms. The number of amides is 1. The van der Waals surface area contributed by atoms with Gasteiger partial charge in [0.1, 0.15) is 11.7 Å². The fourth-order valence-corrected chi connectivity index (χ4v) is 3.15. The molecule has 13 heteroatoms. The molecular formula is C19H14BrCl2F7N2O. The fourth-order valence-electron chi connectivity index (χ4n) is 2.63. The summed E-state index contributed by atoms with van der Waals surface area (Å²) in [6.07, 6.45) is -9.83. The van der Waals surface area contributed by atoms with Crippen LogP contribution in [-0.4, -0.2) is 19.1 Å². The number of halogens is 10. The molecule has 2 N–H and O–H groups in total. The van der Waals surface area contributed by atoms with E-state index in [4.69, 9.17) is 11.6 Å². The summed E-state index contributed by atoms with van der Waals surface area (Å²) in [4.78, 5) is 11.8. The van der Waals surface area contributed by atoms with Gasteiger partial charge >= 0.3 is 12.4 Å². The van der Waals surface area contributed by atoms with Gasteiger partial charge < -0.3 is 0 Å². The van der Waals surface area contributed by atoms with Crippen molar-refractivity contribution in [2.24, 2.45) is 0 Å². The number of carbonyl (C=O) groups is 1. The molecule has 176 valence electrons. The van der Waals surface area contributed by atoms with E-state index in [0.29, 0.717) is 6.07 Å². The predicted octanol–water partition coefficient (Wildman–Crippen LogP) is 7.06. The first-order valence-electron chi connectivity index (χ1n) is 8.33. The number of allylic oxidation sites excluding steroid dienone is 1. The average Bonchev–Trinajstić information content (AvgIpc) is 2.66. The molecular weight excluding hydrogens is 556 g/mol. The largest absolute Gasteiger partial charge is 0.417 e. The van der Waals surface area contributed by atoms with Crippen LogP contribution in [0.25, 0.3) is 5.83 Å². The van der Waals surface area contributed by atoms with Crippen LogP contribution in [0.3, 0.4) is 0 Å². The molecule has 0 aliphatic heterocycles. The first kappa shape index (κ1) is 28.2. The molecule has 0 saturated carbocycles. The van der Waals surface area contributed by atoms with Gasteiger partial charge in [-0.25, -0.2) is 9.82 Å². The Hall–Kier alpha value is -1.82. The van der Waals surface area contributed by atoms with Gasteiger partial charge in [-0.15, -0.1) is 12.4 Å². The molecule has 2 aromatic rings. The summed E-state index contributed by atoms with van der Waals surface area (Å²) in [5.41, 5.74) is 0.636. The second-order valence-corrected chi connectivity index (χ2v) is 7.43. The SMILES string of the molecule is CNNC(=O)c1ccc(/C(F)=C/C(c2ccc(Cl)c(Br)c2)C(F)(F)F)cc1C(F)(F)F.Cl. The minimum absolute atomic E-state index is 0. The maximum Gasteiger partial charge on any atom is 0.417 e. The summed E-state index contributed by atoms with van der Waals surface area (Å²) in [5, 5.41) is 0.124. The smallest absolute Gasteiger partial charge is 0.288 e. The van der Waals surface area contributed by atoms with Crippen molar-refractivity contribution in [3.8, 4) is 0 Å². The highest BCUT2D eigenvalue weighted by atomic mass is 79.9. The number of hydrazine groups is 1. The monoisotopic (exact) mass is 568 g/mol. The van der Waals surface area contributed by atoms with Crippen molar-refractivity contribution in [2.75, 3.05) is 7.05 Å². The third kappa shape index (κ3) is 6.84. The van der Waals surface area contributed by atoms with Gasteiger partial charge in [0.15, 0.2) is 0 Å². The van der Waals surface area contributed by atoms with Gasteiger partial charge in [-0.2, -0.15) is 26.3 Å². The number of nitrogens with one attached hydrogen (secondary N) is 2. The zero-order valence-corrected chi connectivity index (χ0v) is 19.0. The van der Waals surface area contributed by atoms with Crippen molar-refractivity contribution in [2.45, 2.75) is 18.3 Å². The Morgan fingerprint density at radius 2 is 1.72 bits per heavy atom. The zero-order chi connectivity index (χ0) is 23.6. The summed E-state index contributed by atoms with van der Waals surface area (Å²) in [6.45, 7) is 0. The third-order valence-corrected chi connectivity index (χ3v) is 5.27. The summed E-state index contributed by atoms with van der Waals surface area (Å²) >= 11 is 8.74. The highest BCUT2D eigenvalue weighted by Crippen LogP contribution is 2.41. The van der Waals surface area contributed by atoms with Crippen LogP contribution in [0, 0.1) is 0 Å². The van der Waals surface area contributed by atoms with E-state index in [0.717, 1.165) is 18.2 Å². The van der Waals surface area contributed by atoms with Crippen LogP contribution in [-0.2, 0) is 6.18 Å². The third-order valence-electron chi connectivity index (χ3n) is 4.05. The van der Waals surface area contributed by atoms with Gasteiger partial charge in [0.05, 0.1) is 16.1 Å². The molecule has 1 amide bonds. The topological polar surface area (TPSA) is 41.1 Å². The molecule has 1 atom stereocenters. The highest BCUT2D eigenvalue weighted by molar-refractivity contribution is 9.10.